The summed E-state index contributed by atoms with van der Waals surface area (Å²) in [4.78, 5) is 38.2. The minimum atomic E-state index is -1.33. The number of esters is 1. The van der Waals surface area contributed by atoms with Crippen molar-refractivity contribution in [3.05, 3.63) is 126 Å². The van der Waals surface area contributed by atoms with Gasteiger partial charge in [0.25, 0.3) is 0 Å². The molecule has 0 radical (unpaired) electrons. The van der Waals surface area contributed by atoms with E-state index in [9.17, 15) is 29.0 Å². The number of methoxy groups -OCH3 is 1. The molecule has 0 heterocycles. The maximum Gasteiger partial charge on any atom is 1.00 e. The first-order valence-electron chi connectivity index (χ1n) is 15.0. The number of carbonyl (C=O) groups excluding carboxylic acids is 3. The molecule has 0 spiro atoms. The third-order valence-corrected chi connectivity index (χ3v) is 7.28. The Balaban J connectivity index is 0.00000768. The molecule has 0 aliphatic rings. The van der Waals surface area contributed by atoms with Crippen LogP contribution in [0.3, 0.4) is 0 Å². The van der Waals surface area contributed by atoms with Crippen molar-refractivity contribution in [1.82, 2.24) is 4.90 Å². The summed E-state index contributed by atoms with van der Waals surface area (Å²) in [5.74, 6) is -2.80. The van der Waals surface area contributed by atoms with Crippen molar-refractivity contribution in [3.8, 4) is 0 Å². The average molecular weight is 651 g/mol. The van der Waals surface area contributed by atoms with E-state index in [0.29, 0.717) is 33.7 Å². The van der Waals surface area contributed by atoms with E-state index in [-0.39, 0.29) is 60.4 Å². The van der Waals surface area contributed by atoms with Gasteiger partial charge in [-0.2, -0.15) is 0 Å². The molecule has 0 fully saturated rings. The Morgan fingerprint density at radius 2 is 1.55 bits per heavy atom. The van der Waals surface area contributed by atoms with Crippen LogP contribution in [0, 0.1) is 11.7 Å². The third-order valence-electron chi connectivity index (χ3n) is 7.28. The van der Waals surface area contributed by atoms with Crippen LogP contribution in [0.2, 0.25) is 0 Å². The number of rotatable bonds is 15. The summed E-state index contributed by atoms with van der Waals surface area (Å²) < 4.78 is 18.8. The van der Waals surface area contributed by atoms with Gasteiger partial charge in [-0.1, -0.05) is 62.0 Å². The SMILES string of the molecule is C=C(/C(=C(/C=C/C(C)CC(O)CC(=O)[O-])N(CC(=O)Nc1ccc(C(=O)OC)cc1)C(C)C)c1ccc(F)cc1)c1ccccc1.[Na+]. The quantitative estimate of drug-likeness (QED) is 0.147. The Kier molecular flexibility index (Phi) is 15.8. The first-order valence-corrected chi connectivity index (χ1v) is 15.0. The number of carboxylic acid groups (broad SMARTS) is 1. The Morgan fingerprint density at radius 1 is 0.957 bits per heavy atom. The molecule has 2 N–H and O–H groups in total. The van der Waals surface area contributed by atoms with E-state index in [4.69, 9.17) is 4.74 Å². The molecular formula is C37H40FN2NaO6. The number of amides is 1. The van der Waals surface area contributed by atoms with Crippen molar-refractivity contribution in [1.29, 1.82) is 0 Å². The maximum atomic E-state index is 14.1. The second-order valence-electron chi connectivity index (χ2n) is 11.3. The summed E-state index contributed by atoms with van der Waals surface area (Å²) in [6.45, 7) is 10.1. The number of aliphatic carboxylic acids is 1. The Labute approximate surface area is 297 Å². The number of aliphatic hydroxyl groups excluding tert-OH is 1. The van der Waals surface area contributed by atoms with Crippen LogP contribution in [0.1, 0.15) is 55.1 Å². The Morgan fingerprint density at radius 3 is 2.11 bits per heavy atom. The molecule has 2 unspecified atom stereocenters. The zero-order valence-corrected chi connectivity index (χ0v) is 29.5. The second kappa shape index (κ2) is 19.0. The van der Waals surface area contributed by atoms with Gasteiger partial charge in [0, 0.05) is 35.4 Å². The third kappa shape index (κ3) is 11.9. The Bertz CT molecular complexity index is 1570. The fourth-order valence-corrected chi connectivity index (χ4v) is 4.95. The standard InChI is InChI=1S/C37H41FN2O6.Na/c1-24(2)40(23-34(42)39-31-18-14-29(15-19-31)37(45)46-5)33(20-11-25(3)21-32(41)22-35(43)44)36(28-12-16-30(38)17-13-28)26(4)27-9-7-6-8-10-27;/h6-20,24-25,32,41H,4,21-23H2,1-3,5H3,(H,39,42)(H,43,44);/q;+1/p-1/b20-11+,36-33+;. The number of carboxylic acids is 1. The molecular weight excluding hydrogens is 610 g/mol. The number of carbonyl (C=O) groups is 3. The van der Waals surface area contributed by atoms with E-state index in [0.717, 1.165) is 5.56 Å². The van der Waals surface area contributed by atoms with Crippen LogP contribution in [-0.4, -0.2) is 53.7 Å². The van der Waals surface area contributed by atoms with E-state index < -0.39 is 30.3 Å². The monoisotopic (exact) mass is 650 g/mol. The zero-order valence-electron chi connectivity index (χ0n) is 27.5. The molecule has 0 aliphatic carbocycles. The van der Waals surface area contributed by atoms with Crippen molar-refractivity contribution in [3.63, 3.8) is 0 Å². The fourth-order valence-electron chi connectivity index (χ4n) is 4.95. The number of aliphatic hydroxyl groups is 1. The van der Waals surface area contributed by atoms with Crippen molar-refractivity contribution in [2.75, 3.05) is 19.0 Å². The number of halogens is 1. The summed E-state index contributed by atoms with van der Waals surface area (Å²) in [7, 11) is 1.29. The smallest absolute Gasteiger partial charge is 0.550 e. The molecule has 47 heavy (non-hydrogen) atoms. The number of allylic oxidation sites excluding steroid dienone is 4. The van der Waals surface area contributed by atoms with Crippen molar-refractivity contribution in [2.24, 2.45) is 5.92 Å². The molecule has 2 atom stereocenters. The zero-order chi connectivity index (χ0) is 33.8. The number of hydrogen-bond donors (Lipinski definition) is 2. The van der Waals surface area contributed by atoms with Gasteiger partial charge in [0.05, 0.1) is 25.3 Å². The van der Waals surface area contributed by atoms with Crippen LogP contribution in [0.4, 0.5) is 10.1 Å². The second-order valence-corrected chi connectivity index (χ2v) is 11.3. The van der Waals surface area contributed by atoms with E-state index in [1.807, 2.05) is 68.2 Å². The molecule has 0 saturated carbocycles. The first-order chi connectivity index (χ1) is 21.9. The summed E-state index contributed by atoms with van der Waals surface area (Å²) in [6.07, 6.45) is 2.28. The molecule has 242 valence electrons. The largest absolute Gasteiger partial charge is 1.00 e. The number of anilines is 1. The van der Waals surface area contributed by atoms with Gasteiger partial charge >= 0.3 is 35.5 Å². The predicted octanol–water partition coefficient (Wildman–Crippen LogP) is 2.47. The van der Waals surface area contributed by atoms with E-state index in [1.54, 1.807) is 36.4 Å². The predicted molar refractivity (Wildman–Crippen MR) is 176 cm³/mol. The van der Waals surface area contributed by atoms with Crippen LogP contribution < -0.4 is 40.0 Å². The average Bonchev–Trinajstić information content (AvgIpc) is 3.02. The minimum absolute atomic E-state index is 0. The van der Waals surface area contributed by atoms with Gasteiger partial charge in [0.1, 0.15) is 5.82 Å². The molecule has 8 nitrogen and oxygen atoms in total. The van der Waals surface area contributed by atoms with Gasteiger partial charge in [-0.05, 0) is 85.4 Å². The first kappa shape index (κ1) is 39.2. The van der Waals surface area contributed by atoms with Crippen LogP contribution in [0.15, 0.2) is 103 Å². The number of nitrogens with zero attached hydrogens (tertiary/aromatic N) is 1. The normalized spacial score (nSPS) is 12.8. The van der Waals surface area contributed by atoms with E-state index >= 15 is 0 Å². The molecule has 0 aromatic heterocycles. The number of benzene rings is 3. The molecule has 0 bridgehead atoms. The van der Waals surface area contributed by atoms with E-state index in [1.165, 1.54) is 19.2 Å². The number of ether oxygens (including phenoxy) is 1. The van der Waals surface area contributed by atoms with Gasteiger partial charge in [0.2, 0.25) is 5.91 Å². The molecule has 10 heteroatoms. The van der Waals surface area contributed by atoms with Gasteiger partial charge in [0.15, 0.2) is 0 Å². The van der Waals surface area contributed by atoms with Crippen molar-refractivity contribution < 1.29 is 63.3 Å². The minimum Gasteiger partial charge on any atom is -0.550 e. The van der Waals surface area contributed by atoms with Crippen molar-refractivity contribution >= 4 is 34.7 Å². The summed E-state index contributed by atoms with van der Waals surface area (Å²) in [5, 5.41) is 24.1. The summed E-state index contributed by atoms with van der Waals surface area (Å²) in [5.41, 5.74) is 4.25. The summed E-state index contributed by atoms with van der Waals surface area (Å²) >= 11 is 0. The molecule has 0 aliphatic heterocycles. The molecule has 3 rings (SSSR count). The summed E-state index contributed by atoms with van der Waals surface area (Å²) in [6, 6.07) is 21.7. The van der Waals surface area contributed by atoms with Gasteiger partial charge in [-0.3, -0.25) is 4.79 Å². The van der Waals surface area contributed by atoms with Gasteiger partial charge in [-0.25, -0.2) is 9.18 Å². The Hall–Kier alpha value is -4.02. The topological polar surface area (TPSA) is 119 Å². The fraction of sp³-hybridized carbons (Fsp3) is 0.270. The van der Waals surface area contributed by atoms with Crippen LogP contribution in [0.5, 0.6) is 0 Å². The maximum absolute atomic E-state index is 14.1. The number of nitrogens with one attached hydrogen (secondary N) is 1. The number of hydrogen-bond acceptors (Lipinski definition) is 7. The van der Waals surface area contributed by atoms with Crippen LogP contribution in [0.25, 0.3) is 11.1 Å². The molecule has 0 saturated heterocycles. The molecule has 3 aromatic carbocycles. The van der Waals surface area contributed by atoms with Gasteiger partial charge in [-0.15, -0.1) is 0 Å². The van der Waals surface area contributed by atoms with Crippen molar-refractivity contribution in [2.45, 2.75) is 45.8 Å². The van der Waals surface area contributed by atoms with E-state index in [2.05, 4.69) is 11.9 Å². The van der Waals surface area contributed by atoms with Crippen LogP contribution in [-0.2, 0) is 14.3 Å². The van der Waals surface area contributed by atoms with Crippen LogP contribution >= 0.6 is 0 Å². The molecule has 1 amide bonds. The molecule has 3 aromatic rings. The van der Waals surface area contributed by atoms with Gasteiger partial charge < -0.3 is 30.0 Å².